The van der Waals surface area contributed by atoms with Gasteiger partial charge in [0.15, 0.2) is 5.78 Å². The summed E-state index contributed by atoms with van der Waals surface area (Å²) in [6, 6.07) is 6.19. The van der Waals surface area contributed by atoms with E-state index in [1.807, 2.05) is 29.1 Å². The van der Waals surface area contributed by atoms with Crippen LogP contribution in [0.4, 0.5) is 0 Å². The summed E-state index contributed by atoms with van der Waals surface area (Å²) in [5, 5.41) is 32.1. The van der Waals surface area contributed by atoms with E-state index in [0.717, 1.165) is 68.2 Å². The molecule has 0 bridgehead atoms. The number of carbonyl (C=O) groups is 3. The Morgan fingerprint density at radius 1 is 1.11 bits per heavy atom. The lowest BCUT2D eigenvalue weighted by molar-refractivity contribution is -0.134. The highest BCUT2D eigenvalue weighted by Gasteiger charge is 2.33. The zero-order valence-electron chi connectivity index (χ0n) is 22.2. The Morgan fingerprint density at radius 2 is 1.74 bits per heavy atom. The number of carbonyl (C=O) groups excluding carboxylic acids is 1. The van der Waals surface area contributed by atoms with Crippen molar-refractivity contribution in [1.82, 2.24) is 14.7 Å². The van der Waals surface area contributed by atoms with Gasteiger partial charge in [-0.2, -0.15) is 5.10 Å². The van der Waals surface area contributed by atoms with Crippen molar-refractivity contribution >= 4 is 28.6 Å². The number of likely N-dealkylation sites (tertiary alicyclic amines) is 1. The molecule has 0 radical (unpaired) electrons. The Labute approximate surface area is 222 Å². The Balaban J connectivity index is 0.000000436. The number of hydrogen-bond donors (Lipinski definition) is 3. The van der Waals surface area contributed by atoms with Crippen molar-refractivity contribution in [2.75, 3.05) is 32.8 Å². The fourth-order valence-electron chi connectivity index (χ4n) is 4.92. The van der Waals surface area contributed by atoms with E-state index >= 15 is 0 Å². The lowest BCUT2D eigenvalue weighted by Gasteiger charge is -2.39. The van der Waals surface area contributed by atoms with Gasteiger partial charge in [-0.3, -0.25) is 9.48 Å². The summed E-state index contributed by atoms with van der Waals surface area (Å²) in [6.45, 7) is 8.30. The summed E-state index contributed by atoms with van der Waals surface area (Å²) in [6.07, 6.45) is 8.34. The predicted octanol–water partition coefficient (Wildman–Crippen LogP) is 3.55. The number of hydrogen-bond acceptors (Lipinski definition) is 7. The number of β-amino-alcohol motifs (C(OH)–C–C–N with tert-alkyl or cyclic N) is 1. The molecule has 0 unspecified atom stereocenters. The quantitative estimate of drug-likeness (QED) is 0.328. The summed E-state index contributed by atoms with van der Waals surface area (Å²) in [4.78, 5) is 34.4. The summed E-state index contributed by atoms with van der Waals surface area (Å²) in [5.41, 5.74) is 1.00. The van der Waals surface area contributed by atoms with E-state index in [2.05, 4.69) is 23.8 Å². The van der Waals surface area contributed by atoms with Crippen molar-refractivity contribution in [2.24, 2.45) is 5.92 Å². The van der Waals surface area contributed by atoms with Gasteiger partial charge >= 0.3 is 11.9 Å². The van der Waals surface area contributed by atoms with Crippen LogP contribution >= 0.6 is 0 Å². The van der Waals surface area contributed by atoms with Gasteiger partial charge < -0.3 is 25.0 Å². The Hall–Kier alpha value is -3.08. The van der Waals surface area contributed by atoms with Crippen LogP contribution in [0.15, 0.2) is 36.5 Å². The van der Waals surface area contributed by atoms with Gasteiger partial charge in [0.2, 0.25) is 0 Å². The summed E-state index contributed by atoms with van der Waals surface area (Å²) in [7, 11) is 0. The van der Waals surface area contributed by atoms with Crippen LogP contribution in [0.3, 0.4) is 0 Å². The lowest BCUT2D eigenvalue weighted by Crippen LogP contribution is -2.49. The van der Waals surface area contributed by atoms with Gasteiger partial charge in [-0.25, -0.2) is 9.59 Å². The number of fused-ring (bicyclic) bond motifs is 1. The molecule has 2 saturated heterocycles. The number of nitrogens with zero attached hydrogens (tertiary/aromatic N) is 3. The number of Topliss-reactive ketones (excluding diaryl/α,β-unsaturated/α-hetero) is 1. The first-order valence-electron chi connectivity index (χ1n) is 13.2. The van der Waals surface area contributed by atoms with E-state index in [1.165, 1.54) is 0 Å². The van der Waals surface area contributed by atoms with Crippen LogP contribution in [0.2, 0.25) is 0 Å². The maximum Gasteiger partial charge on any atom is 0.328 e. The maximum atomic E-state index is 12.9. The Morgan fingerprint density at radius 3 is 2.32 bits per heavy atom. The van der Waals surface area contributed by atoms with E-state index in [4.69, 9.17) is 14.9 Å². The molecule has 3 N–H and O–H groups in total. The molecule has 2 aliphatic rings. The number of rotatable bonds is 9. The smallest absolute Gasteiger partial charge is 0.328 e. The largest absolute Gasteiger partial charge is 0.478 e. The lowest BCUT2D eigenvalue weighted by atomic mass is 9.88. The van der Waals surface area contributed by atoms with Gasteiger partial charge in [0.05, 0.1) is 5.60 Å². The number of benzene rings is 1. The van der Waals surface area contributed by atoms with Crippen molar-refractivity contribution < 1.29 is 34.4 Å². The van der Waals surface area contributed by atoms with E-state index in [-0.39, 0.29) is 11.8 Å². The molecule has 3 heterocycles. The zero-order valence-corrected chi connectivity index (χ0v) is 22.2. The highest BCUT2D eigenvalue weighted by Crippen LogP contribution is 2.28. The molecule has 1 aromatic carbocycles. The minimum atomic E-state index is -1.26. The van der Waals surface area contributed by atoms with Gasteiger partial charge in [-0.05, 0) is 58.2 Å². The molecule has 0 amide bonds. The number of piperidine rings is 1. The second-order valence-electron chi connectivity index (χ2n) is 10.5. The number of aromatic nitrogens is 2. The van der Waals surface area contributed by atoms with E-state index in [0.29, 0.717) is 37.7 Å². The van der Waals surface area contributed by atoms with Crippen molar-refractivity contribution in [1.29, 1.82) is 0 Å². The van der Waals surface area contributed by atoms with Gasteiger partial charge in [-0.1, -0.05) is 12.1 Å². The van der Waals surface area contributed by atoms with Crippen LogP contribution in [-0.4, -0.2) is 86.2 Å². The number of carboxylic acid groups (broad SMARTS) is 2. The minimum Gasteiger partial charge on any atom is -0.478 e. The van der Waals surface area contributed by atoms with Crippen LogP contribution in [0.5, 0.6) is 0 Å². The van der Waals surface area contributed by atoms with Gasteiger partial charge in [0, 0.05) is 74.4 Å². The molecule has 2 aromatic rings. The monoisotopic (exact) mass is 529 g/mol. The van der Waals surface area contributed by atoms with E-state index < -0.39 is 17.5 Å². The third-order valence-electron chi connectivity index (χ3n) is 7.18. The standard InChI is InChI=1S/C24H35N3O3.C4H4O4/c1-18(2)27-16-20-4-3-5-21(23(20)25-27)22(28)7-6-19-8-12-26(13-9-19)17-24(29)10-14-30-15-11-24;5-3(6)1-2-4(7)8/h3-5,16,18-19,29H,6-15,17H2,1-2H3;1-2H,(H,5,6)(H,7,8)/b;2-1+. The summed E-state index contributed by atoms with van der Waals surface area (Å²) in [5.74, 6) is -1.73. The summed E-state index contributed by atoms with van der Waals surface area (Å²) >= 11 is 0. The van der Waals surface area contributed by atoms with Crippen molar-refractivity contribution in [3.63, 3.8) is 0 Å². The first kappa shape index (κ1) is 29.5. The number of aliphatic hydroxyl groups is 1. The second-order valence-corrected chi connectivity index (χ2v) is 10.5. The fourth-order valence-corrected chi connectivity index (χ4v) is 4.92. The highest BCUT2D eigenvalue weighted by atomic mass is 16.5. The van der Waals surface area contributed by atoms with Crippen molar-refractivity contribution in [2.45, 2.75) is 64.0 Å². The Kier molecular flexibility index (Phi) is 10.6. The third-order valence-corrected chi connectivity index (χ3v) is 7.18. The van der Waals surface area contributed by atoms with E-state index in [9.17, 15) is 19.5 Å². The van der Waals surface area contributed by atoms with E-state index in [1.54, 1.807) is 0 Å². The number of ketones is 1. The van der Waals surface area contributed by atoms with Gasteiger partial charge in [0.25, 0.3) is 0 Å². The normalized spacial score (nSPS) is 18.4. The van der Waals surface area contributed by atoms with Crippen LogP contribution in [0.1, 0.15) is 68.8 Å². The first-order valence-corrected chi connectivity index (χ1v) is 13.2. The molecule has 10 heteroatoms. The molecule has 10 nitrogen and oxygen atoms in total. The molecule has 0 spiro atoms. The third kappa shape index (κ3) is 8.75. The first-order chi connectivity index (χ1) is 18.1. The highest BCUT2D eigenvalue weighted by molar-refractivity contribution is 6.06. The van der Waals surface area contributed by atoms with Gasteiger partial charge in [-0.15, -0.1) is 0 Å². The molecular weight excluding hydrogens is 490 g/mol. The number of aliphatic carboxylic acids is 2. The molecular formula is C28H39N3O7. The minimum absolute atomic E-state index is 0.202. The average molecular weight is 530 g/mol. The van der Waals surface area contributed by atoms with Crippen LogP contribution < -0.4 is 0 Å². The molecule has 1 aromatic heterocycles. The van der Waals surface area contributed by atoms with Crippen molar-refractivity contribution in [3.05, 3.63) is 42.1 Å². The molecule has 38 heavy (non-hydrogen) atoms. The fraction of sp³-hybridized carbons (Fsp3) is 0.571. The SMILES string of the molecule is CC(C)n1cc2cccc(C(=O)CCC3CCN(CC4(O)CCOCC4)CC3)c2n1.O=C(O)/C=C/C(=O)O. The maximum absolute atomic E-state index is 12.9. The van der Waals surface area contributed by atoms with Crippen LogP contribution in [0, 0.1) is 5.92 Å². The number of ether oxygens (including phenoxy) is 1. The topological polar surface area (TPSA) is 142 Å². The molecule has 2 aliphatic heterocycles. The number of carboxylic acids is 2. The van der Waals surface area contributed by atoms with Gasteiger partial charge in [0.1, 0.15) is 5.52 Å². The predicted molar refractivity (Wildman–Crippen MR) is 142 cm³/mol. The zero-order chi connectivity index (χ0) is 27.7. The molecule has 0 saturated carbocycles. The molecule has 0 aliphatic carbocycles. The van der Waals surface area contributed by atoms with Crippen LogP contribution in [0.25, 0.3) is 10.9 Å². The second kappa shape index (κ2) is 13.6. The molecule has 0 atom stereocenters. The molecule has 208 valence electrons. The summed E-state index contributed by atoms with van der Waals surface area (Å²) < 4.78 is 7.32. The van der Waals surface area contributed by atoms with Crippen molar-refractivity contribution in [3.8, 4) is 0 Å². The average Bonchev–Trinajstić information content (AvgIpc) is 3.33. The molecule has 2 fully saturated rings. The Bertz CT molecular complexity index is 1110. The molecule has 4 rings (SSSR count). The van der Waals surface area contributed by atoms with Crippen LogP contribution in [-0.2, 0) is 14.3 Å².